The Balaban J connectivity index is 2.21. The first-order chi connectivity index (χ1) is 8.99. The Morgan fingerprint density at radius 2 is 1.95 bits per heavy atom. The van der Waals surface area contributed by atoms with Crippen molar-refractivity contribution >= 4 is 0 Å². The van der Waals surface area contributed by atoms with E-state index in [1.807, 2.05) is 12.4 Å². The Morgan fingerprint density at radius 1 is 1.21 bits per heavy atom. The van der Waals surface area contributed by atoms with Gasteiger partial charge in [0, 0.05) is 24.7 Å². The van der Waals surface area contributed by atoms with Crippen molar-refractivity contribution in [3.05, 3.63) is 29.9 Å². The maximum Gasteiger partial charge on any atom is 0.173 e. The number of aromatic amines is 1. The van der Waals surface area contributed by atoms with Crippen LogP contribution in [0.2, 0.25) is 0 Å². The minimum absolute atomic E-state index is 0.108. The molecule has 104 valence electrons. The van der Waals surface area contributed by atoms with Crippen molar-refractivity contribution in [3.63, 3.8) is 0 Å². The van der Waals surface area contributed by atoms with Gasteiger partial charge in [-0.2, -0.15) is 5.10 Å². The summed E-state index contributed by atoms with van der Waals surface area (Å²) in [6, 6.07) is 0.108. The van der Waals surface area contributed by atoms with Crippen molar-refractivity contribution in [2.45, 2.75) is 53.0 Å². The van der Waals surface area contributed by atoms with E-state index in [0.717, 1.165) is 23.9 Å². The third-order valence-corrected chi connectivity index (χ3v) is 3.16. The van der Waals surface area contributed by atoms with Gasteiger partial charge in [0.25, 0.3) is 0 Å². The number of hydrogen-bond acceptors (Lipinski definition) is 3. The Morgan fingerprint density at radius 3 is 2.58 bits per heavy atom. The summed E-state index contributed by atoms with van der Waals surface area (Å²) in [5.41, 5.74) is 0. The summed E-state index contributed by atoms with van der Waals surface area (Å²) in [4.78, 5) is 9.01. The number of nitrogens with zero attached hydrogens (tertiary/aromatic N) is 4. The summed E-state index contributed by atoms with van der Waals surface area (Å²) < 4.78 is 2.15. The number of imidazole rings is 1. The van der Waals surface area contributed by atoms with E-state index < -0.39 is 0 Å². The minimum Gasteiger partial charge on any atom is -0.324 e. The van der Waals surface area contributed by atoms with Crippen molar-refractivity contribution in [2.24, 2.45) is 5.92 Å². The third kappa shape index (κ3) is 3.03. The van der Waals surface area contributed by atoms with E-state index in [1.54, 1.807) is 0 Å². The third-order valence-electron chi connectivity index (χ3n) is 3.16. The lowest BCUT2D eigenvalue weighted by Gasteiger charge is -2.15. The standard InChI is InChI=1S/C14H23N5/c1-9(2)8-12-16-13(18-17-12)11(5)19-7-6-15-14(19)10(3)4/h6-7,9-11H,8H2,1-5H3,(H,16,17,18)/t11-/m0/s1. The van der Waals surface area contributed by atoms with E-state index in [4.69, 9.17) is 0 Å². The molecular formula is C14H23N5. The molecule has 0 bridgehead atoms. The first-order valence-corrected chi connectivity index (χ1v) is 6.93. The molecule has 0 amide bonds. The average Bonchev–Trinajstić information content (AvgIpc) is 2.94. The van der Waals surface area contributed by atoms with E-state index in [9.17, 15) is 0 Å². The van der Waals surface area contributed by atoms with Gasteiger partial charge in [0.15, 0.2) is 5.82 Å². The second-order valence-corrected chi connectivity index (χ2v) is 5.76. The van der Waals surface area contributed by atoms with E-state index >= 15 is 0 Å². The molecule has 19 heavy (non-hydrogen) atoms. The van der Waals surface area contributed by atoms with Gasteiger partial charge in [-0.05, 0) is 12.8 Å². The lowest BCUT2D eigenvalue weighted by atomic mass is 10.1. The van der Waals surface area contributed by atoms with Gasteiger partial charge in [-0.15, -0.1) is 0 Å². The lowest BCUT2D eigenvalue weighted by Crippen LogP contribution is -2.12. The summed E-state index contributed by atoms with van der Waals surface area (Å²) in [7, 11) is 0. The number of nitrogens with one attached hydrogen (secondary N) is 1. The van der Waals surface area contributed by atoms with Crippen molar-refractivity contribution < 1.29 is 0 Å². The van der Waals surface area contributed by atoms with Gasteiger partial charge in [0.1, 0.15) is 11.6 Å². The van der Waals surface area contributed by atoms with Gasteiger partial charge in [0.05, 0.1) is 6.04 Å². The average molecular weight is 261 g/mol. The number of rotatable bonds is 5. The molecule has 0 saturated carbocycles. The summed E-state index contributed by atoms with van der Waals surface area (Å²) >= 11 is 0. The molecule has 5 heteroatoms. The van der Waals surface area contributed by atoms with Crippen LogP contribution in [-0.4, -0.2) is 24.7 Å². The Kier molecular flexibility index (Phi) is 4.02. The highest BCUT2D eigenvalue weighted by Gasteiger charge is 2.18. The summed E-state index contributed by atoms with van der Waals surface area (Å²) in [6.45, 7) is 10.8. The van der Waals surface area contributed by atoms with Crippen LogP contribution in [0.5, 0.6) is 0 Å². The van der Waals surface area contributed by atoms with Crippen LogP contribution in [0.1, 0.15) is 64.1 Å². The van der Waals surface area contributed by atoms with Crippen molar-refractivity contribution in [2.75, 3.05) is 0 Å². The molecule has 2 aromatic heterocycles. The minimum atomic E-state index is 0.108. The van der Waals surface area contributed by atoms with Gasteiger partial charge < -0.3 is 4.57 Å². The number of aromatic nitrogens is 5. The molecule has 1 N–H and O–H groups in total. The predicted octanol–water partition coefficient (Wildman–Crippen LogP) is 2.93. The van der Waals surface area contributed by atoms with Gasteiger partial charge in [0.2, 0.25) is 0 Å². The maximum absolute atomic E-state index is 4.59. The van der Waals surface area contributed by atoms with Crippen LogP contribution in [-0.2, 0) is 6.42 Å². The molecule has 0 fully saturated rings. The topological polar surface area (TPSA) is 59.4 Å². The zero-order valence-electron chi connectivity index (χ0n) is 12.4. The van der Waals surface area contributed by atoms with Crippen LogP contribution >= 0.6 is 0 Å². The molecule has 0 aliphatic rings. The number of H-pyrrole nitrogens is 1. The fourth-order valence-corrected chi connectivity index (χ4v) is 2.20. The summed E-state index contributed by atoms with van der Waals surface area (Å²) in [5, 5.41) is 7.37. The molecule has 0 aliphatic carbocycles. The van der Waals surface area contributed by atoms with E-state index in [1.165, 1.54) is 0 Å². The molecule has 0 aliphatic heterocycles. The predicted molar refractivity (Wildman–Crippen MR) is 75.1 cm³/mol. The van der Waals surface area contributed by atoms with E-state index in [2.05, 4.69) is 59.4 Å². The zero-order valence-corrected chi connectivity index (χ0v) is 12.4. The van der Waals surface area contributed by atoms with Crippen LogP contribution in [0.4, 0.5) is 0 Å². The van der Waals surface area contributed by atoms with Gasteiger partial charge in [-0.3, -0.25) is 5.10 Å². The maximum atomic E-state index is 4.59. The molecule has 2 heterocycles. The Bertz CT molecular complexity index is 523. The molecule has 2 aromatic rings. The Labute approximate surface area is 114 Å². The molecular weight excluding hydrogens is 238 g/mol. The molecule has 5 nitrogen and oxygen atoms in total. The second-order valence-electron chi connectivity index (χ2n) is 5.76. The monoisotopic (exact) mass is 261 g/mol. The highest BCUT2D eigenvalue weighted by molar-refractivity contribution is 5.06. The smallest absolute Gasteiger partial charge is 0.173 e. The second kappa shape index (κ2) is 5.55. The first-order valence-electron chi connectivity index (χ1n) is 6.93. The van der Waals surface area contributed by atoms with Crippen LogP contribution in [0.3, 0.4) is 0 Å². The molecule has 0 saturated heterocycles. The zero-order chi connectivity index (χ0) is 14.0. The highest BCUT2D eigenvalue weighted by atomic mass is 15.2. The molecule has 0 spiro atoms. The molecule has 0 unspecified atom stereocenters. The Hall–Kier alpha value is -1.65. The van der Waals surface area contributed by atoms with Crippen LogP contribution < -0.4 is 0 Å². The van der Waals surface area contributed by atoms with Crippen molar-refractivity contribution in [1.82, 2.24) is 24.7 Å². The summed E-state index contributed by atoms with van der Waals surface area (Å²) in [6.07, 6.45) is 4.77. The SMILES string of the molecule is CC(C)Cc1nc([C@H](C)n2ccnc2C(C)C)n[nH]1. The summed E-state index contributed by atoms with van der Waals surface area (Å²) in [5.74, 6) is 3.84. The van der Waals surface area contributed by atoms with E-state index in [0.29, 0.717) is 11.8 Å². The van der Waals surface area contributed by atoms with Gasteiger partial charge >= 0.3 is 0 Å². The van der Waals surface area contributed by atoms with E-state index in [-0.39, 0.29) is 6.04 Å². The molecule has 0 radical (unpaired) electrons. The first kappa shape index (κ1) is 13.8. The molecule has 1 atom stereocenters. The van der Waals surface area contributed by atoms with Crippen molar-refractivity contribution in [1.29, 1.82) is 0 Å². The largest absolute Gasteiger partial charge is 0.324 e. The highest BCUT2D eigenvalue weighted by Crippen LogP contribution is 2.20. The normalized spacial score (nSPS) is 13.4. The van der Waals surface area contributed by atoms with Crippen LogP contribution in [0.25, 0.3) is 0 Å². The van der Waals surface area contributed by atoms with Gasteiger partial charge in [-0.25, -0.2) is 9.97 Å². The fraction of sp³-hybridized carbons (Fsp3) is 0.643. The molecule has 0 aromatic carbocycles. The van der Waals surface area contributed by atoms with Crippen molar-refractivity contribution in [3.8, 4) is 0 Å². The molecule has 2 rings (SSSR count). The van der Waals surface area contributed by atoms with Gasteiger partial charge in [-0.1, -0.05) is 27.7 Å². The quantitative estimate of drug-likeness (QED) is 0.900. The van der Waals surface area contributed by atoms with Crippen LogP contribution in [0.15, 0.2) is 12.4 Å². The number of hydrogen-bond donors (Lipinski definition) is 1. The lowest BCUT2D eigenvalue weighted by molar-refractivity contribution is 0.553. The van der Waals surface area contributed by atoms with Crippen LogP contribution in [0, 0.1) is 5.92 Å². The fourth-order valence-electron chi connectivity index (χ4n) is 2.20.